The number of piperazine rings is 1. The first kappa shape index (κ1) is 17.1. The third-order valence-electron chi connectivity index (χ3n) is 4.21. The summed E-state index contributed by atoms with van der Waals surface area (Å²) in [7, 11) is 0. The smallest absolute Gasteiger partial charge is 0.283 e. The topological polar surface area (TPSA) is 66.7 Å². The number of nitrogens with zero attached hydrogens (tertiary/aromatic N) is 3. The summed E-state index contributed by atoms with van der Waals surface area (Å²) < 4.78 is 0. The van der Waals surface area contributed by atoms with Crippen molar-refractivity contribution < 1.29 is 9.72 Å². The number of carbonyl (C=O) groups excluding carboxylic acids is 1. The van der Waals surface area contributed by atoms with Gasteiger partial charge in [0.1, 0.15) is 0 Å². The lowest BCUT2D eigenvalue weighted by Crippen LogP contribution is -2.48. The first-order valence-corrected chi connectivity index (χ1v) is 9.53. The van der Waals surface area contributed by atoms with Gasteiger partial charge >= 0.3 is 0 Å². The minimum absolute atomic E-state index is 0.0398. The van der Waals surface area contributed by atoms with Crippen molar-refractivity contribution >= 4 is 34.3 Å². The second-order valence-electron chi connectivity index (χ2n) is 5.77. The van der Waals surface area contributed by atoms with E-state index in [-0.39, 0.29) is 11.6 Å². The van der Waals surface area contributed by atoms with Crippen LogP contribution in [0.4, 0.5) is 5.69 Å². The molecule has 0 unspecified atom stereocenters. The van der Waals surface area contributed by atoms with Crippen LogP contribution in [0.1, 0.15) is 19.4 Å². The first-order valence-electron chi connectivity index (χ1n) is 7.83. The molecule has 2 aromatic rings. The molecule has 3 rings (SSSR count). The highest BCUT2D eigenvalue weighted by Gasteiger charge is 2.26. The van der Waals surface area contributed by atoms with E-state index < -0.39 is 4.92 Å². The van der Waals surface area contributed by atoms with Gasteiger partial charge in [-0.3, -0.25) is 19.8 Å². The maximum atomic E-state index is 12.5. The van der Waals surface area contributed by atoms with Crippen molar-refractivity contribution in [2.24, 2.45) is 0 Å². The molecule has 3 heterocycles. The fourth-order valence-electron chi connectivity index (χ4n) is 2.81. The van der Waals surface area contributed by atoms with Crippen molar-refractivity contribution in [3.63, 3.8) is 0 Å². The Morgan fingerprint density at radius 3 is 2.67 bits per heavy atom. The summed E-state index contributed by atoms with van der Waals surface area (Å²) in [6.07, 6.45) is 1.04. The maximum absolute atomic E-state index is 12.5. The molecule has 1 aliphatic heterocycles. The second kappa shape index (κ2) is 7.42. The van der Waals surface area contributed by atoms with Crippen LogP contribution >= 0.6 is 22.7 Å². The van der Waals surface area contributed by atoms with Crippen LogP contribution in [0.5, 0.6) is 0 Å². The summed E-state index contributed by atoms with van der Waals surface area (Å²) in [5, 5.41) is 13.0. The fourth-order valence-corrected chi connectivity index (χ4v) is 4.47. The van der Waals surface area contributed by atoms with Gasteiger partial charge < -0.3 is 4.90 Å². The van der Waals surface area contributed by atoms with E-state index in [4.69, 9.17) is 0 Å². The Morgan fingerprint density at radius 1 is 1.33 bits per heavy atom. The highest BCUT2D eigenvalue weighted by Crippen LogP contribution is 2.29. The van der Waals surface area contributed by atoms with E-state index in [0.717, 1.165) is 26.1 Å². The largest absolute Gasteiger partial charge is 0.335 e. The highest BCUT2D eigenvalue weighted by molar-refractivity contribution is 7.14. The summed E-state index contributed by atoms with van der Waals surface area (Å²) >= 11 is 2.98. The van der Waals surface area contributed by atoms with Gasteiger partial charge in [0.05, 0.1) is 14.7 Å². The number of thiophene rings is 2. The Hall–Kier alpha value is -1.77. The van der Waals surface area contributed by atoms with Crippen LogP contribution in [0, 0.1) is 17.0 Å². The minimum Gasteiger partial charge on any atom is -0.335 e. The van der Waals surface area contributed by atoms with Crippen molar-refractivity contribution in [3.8, 4) is 0 Å². The van der Waals surface area contributed by atoms with E-state index in [0.29, 0.717) is 22.8 Å². The molecule has 0 N–H and O–H groups in total. The van der Waals surface area contributed by atoms with Gasteiger partial charge in [-0.25, -0.2) is 0 Å². The van der Waals surface area contributed by atoms with Gasteiger partial charge in [0.2, 0.25) is 0 Å². The summed E-state index contributed by atoms with van der Waals surface area (Å²) in [6, 6.07) is 5.63. The normalized spacial score (nSPS) is 15.6. The fraction of sp³-hybridized carbons (Fsp3) is 0.438. The van der Waals surface area contributed by atoms with Gasteiger partial charge in [0.25, 0.3) is 11.6 Å². The lowest BCUT2D eigenvalue weighted by molar-refractivity contribution is -0.385. The maximum Gasteiger partial charge on any atom is 0.283 e. The number of aryl methyl sites for hydroxylation is 1. The molecule has 0 atom stereocenters. The average Bonchev–Trinajstić information content (AvgIpc) is 3.22. The van der Waals surface area contributed by atoms with Crippen LogP contribution < -0.4 is 0 Å². The number of amides is 1. The van der Waals surface area contributed by atoms with Gasteiger partial charge in [0.15, 0.2) is 0 Å². The number of hydrogen-bond donors (Lipinski definition) is 0. The lowest BCUT2D eigenvalue weighted by atomic mass is 10.2. The summed E-state index contributed by atoms with van der Waals surface area (Å²) in [5.74, 6) is -0.0888. The molecule has 1 aliphatic rings. The highest BCUT2D eigenvalue weighted by atomic mass is 32.1. The quantitative estimate of drug-likeness (QED) is 0.603. The second-order valence-corrected chi connectivity index (χ2v) is 8.06. The van der Waals surface area contributed by atoms with Crippen LogP contribution in [0.2, 0.25) is 0 Å². The predicted octanol–water partition coefficient (Wildman–Crippen LogP) is 3.03. The van der Waals surface area contributed by atoms with Crippen LogP contribution in [-0.2, 0) is 6.42 Å². The standard InChI is InChI=1S/C16H19N3O3S2/c1-12-14(19(21)22)11-15(24-12)16(20)18-8-6-17(7-9-18)5-4-13-3-2-10-23-13/h2-3,10-11H,4-9H2,1H3. The number of hydrogen-bond acceptors (Lipinski definition) is 6. The zero-order chi connectivity index (χ0) is 17.1. The third kappa shape index (κ3) is 3.82. The molecular weight excluding hydrogens is 346 g/mol. The van der Waals surface area contributed by atoms with Gasteiger partial charge in [-0.2, -0.15) is 0 Å². The van der Waals surface area contributed by atoms with Crippen LogP contribution in [0.15, 0.2) is 23.6 Å². The molecule has 1 saturated heterocycles. The zero-order valence-corrected chi connectivity index (χ0v) is 15.1. The number of rotatable bonds is 5. The molecule has 1 amide bonds. The summed E-state index contributed by atoms with van der Waals surface area (Å²) in [6.45, 7) is 5.74. The van der Waals surface area contributed by atoms with Gasteiger partial charge in [-0.1, -0.05) is 6.07 Å². The Labute approximate surface area is 148 Å². The summed E-state index contributed by atoms with van der Waals surface area (Å²) in [4.78, 5) is 29.6. The number of nitro groups is 1. The van der Waals surface area contributed by atoms with Crippen molar-refractivity contribution in [3.05, 3.63) is 48.3 Å². The van der Waals surface area contributed by atoms with Crippen molar-refractivity contribution in [2.75, 3.05) is 32.7 Å². The molecule has 0 bridgehead atoms. The molecule has 0 radical (unpaired) electrons. The third-order valence-corrected chi connectivity index (χ3v) is 6.18. The Morgan fingerprint density at radius 2 is 2.08 bits per heavy atom. The van der Waals surface area contributed by atoms with E-state index in [2.05, 4.69) is 22.4 Å². The molecule has 0 aromatic carbocycles. The summed E-state index contributed by atoms with van der Waals surface area (Å²) in [5.41, 5.74) is 0.0398. The van der Waals surface area contributed by atoms with E-state index in [1.807, 2.05) is 0 Å². The van der Waals surface area contributed by atoms with Crippen molar-refractivity contribution in [1.29, 1.82) is 0 Å². The predicted molar refractivity (Wildman–Crippen MR) is 96.1 cm³/mol. The molecule has 0 spiro atoms. The average molecular weight is 365 g/mol. The molecule has 8 heteroatoms. The lowest BCUT2D eigenvalue weighted by Gasteiger charge is -2.34. The van der Waals surface area contributed by atoms with Gasteiger partial charge in [0, 0.05) is 43.7 Å². The first-order chi connectivity index (χ1) is 11.5. The SMILES string of the molecule is Cc1sc(C(=O)N2CCN(CCc3cccs3)CC2)cc1[N+](=O)[O-]. The minimum atomic E-state index is -0.425. The van der Waals surface area contributed by atoms with Crippen LogP contribution in [-0.4, -0.2) is 53.4 Å². The van der Waals surface area contributed by atoms with Gasteiger partial charge in [-0.15, -0.1) is 22.7 Å². The van der Waals surface area contributed by atoms with E-state index >= 15 is 0 Å². The van der Waals surface area contributed by atoms with E-state index in [1.54, 1.807) is 23.2 Å². The van der Waals surface area contributed by atoms with Crippen molar-refractivity contribution in [2.45, 2.75) is 13.3 Å². The van der Waals surface area contributed by atoms with E-state index in [9.17, 15) is 14.9 Å². The molecule has 128 valence electrons. The van der Waals surface area contributed by atoms with Crippen LogP contribution in [0.3, 0.4) is 0 Å². The molecule has 2 aromatic heterocycles. The Bertz CT molecular complexity index is 719. The number of carbonyl (C=O) groups is 1. The Balaban J connectivity index is 1.53. The molecule has 1 fully saturated rings. The molecule has 24 heavy (non-hydrogen) atoms. The van der Waals surface area contributed by atoms with Crippen molar-refractivity contribution in [1.82, 2.24) is 9.80 Å². The monoisotopic (exact) mass is 365 g/mol. The van der Waals surface area contributed by atoms with E-state index in [1.165, 1.54) is 22.3 Å². The van der Waals surface area contributed by atoms with Gasteiger partial charge in [-0.05, 0) is 24.8 Å². The molecule has 0 saturated carbocycles. The zero-order valence-electron chi connectivity index (χ0n) is 13.4. The van der Waals surface area contributed by atoms with Crippen LogP contribution in [0.25, 0.3) is 0 Å². The Kier molecular flexibility index (Phi) is 5.27. The molecule has 6 nitrogen and oxygen atoms in total. The molecule has 0 aliphatic carbocycles. The molecular formula is C16H19N3O3S2.